The summed E-state index contributed by atoms with van der Waals surface area (Å²) in [6.07, 6.45) is -0.621. The number of nitrogens with zero attached hydrogens (tertiary/aromatic N) is 3. The second-order valence-corrected chi connectivity index (χ2v) is 8.58. The van der Waals surface area contributed by atoms with Crippen molar-refractivity contribution in [1.29, 1.82) is 0 Å². The first-order valence-electron chi connectivity index (χ1n) is 8.51. The van der Waals surface area contributed by atoms with Crippen molar-refractivity contribution < 1.29 is 17.6 Å². The molecular formula is C16H19N5O5S. The third kappa shape index (κ3) is 3.29. The van der Waals surface area contributed by atoms with E-state index in [9.17, 15) is 13.2 Å². The average Bonchev–Trinajstić information content (AvgIpc) is 3.27. The summed E-state index contributed by atoms with van der Waals surface area (Å²) in [7, 11) is -3.77. The van der Waals surface area contributed by atoms with E-state index in [1.165, 1.54) is 16.4 Å². The van der Waals surface area contributed by atoms with E-state index in [1.807, 2.05) is 13.8 Å². The molecule has 0 aliphatic carbocycles. The van der Waals surface area contributed by atoms with Gasteiger partial charge in [0.1, 0.15) is 6.10 Å². The highest BCUT2D eigenvalue weighted by Gasteiger charge is 2.34. The Morgan fingerprint density at radius 2 is 2.00 bits per heavy atom. The molecule has 144 valence electrons. The van der Waals surface area contributed by atoms with Gasteiger partial charge in [0.2, 0.25) is 21.8 Å². The molecule has 1 aliphatic rings. The molecule has 10 nitrogen and oxygen atoms in total. The lowest BCUT2D eigenvalue weighted by atomic mass is 10.2. The molecule has 0 spiro atoms. The second-order valence-electron chi connectivity index (χ2n) is 6.64. The maximum Gasteiger partial charge on any atom is 0.323 e. The fourth-order valence-corrected chi connectivity index (χ4v) is 4.38. The Morgan fingerprint density at radius 3 is 2.74 bits per heavy atom. The largest absolute Gasteiger partial charge is 0.422 e. The van der Waals surface area contributed by atoms with Crippen LogP contribution in [-0.4, -0.2) is 52.6 Å². The Hall–Kier alpha value is -2.50. The zero-order chi connectivity index (χ0) is 19.2. The van der Waals surface area contributed by atoms with Crippen LogP contribution in [0.2, 0.25) is 0 Å². The predicted molar refractivity (Wildman–Crippen MR) is 94.8 cm³/mol. The Bertz CT molecular complexity index is 1130. The molecule has 11 heteroatoms. The maximum atomic E-state index is 13.0. The number of morpholine rings is 1. The van der Waals surface area contributed by atoms with Gasteiger partial charge in [-0.2, -0.15) is 4.31 Å². The van der Waals surface area contributed by atoms with Crippen LogP contribution in [0.15, 0.2) is 32.3 Å². The molecule has 1 fully saturated rings. The standard InChI is InChI=1S/C16H19N5O5S/c1-9(2)14-19-20-15(26-14)13-8-21(5-6-25-13)27(23,24)10-3-4-11-12(7-10)18-16(22)17-11/h3-4,7,9,13H,5-6,8H2,1-2H3,(H2,17,18,22)/t13-/m0/s1. The predicted octanol–water partition coefficient (Wildman–Crippen LogP) is 1.12. The fourth-order valence-electron chi connectivity index (χ4n) is 2.92. The summed E-state index contributed by atoms with van der Waals surface area (Å²) >= 11 is 0. The van der Waals surface area contributed by atoms with Gasteiger partial charge in [0.05, 0.1) is 22.5 Å². The third-order valence-electron chi connectivity index (χ3n) is 4.38. The third-order valence-corrected chi connectivity index (χ3v) is 6.24. The van der Waals surface area contributed by atoms with Gasteiger partial charge in [0.25, 0.3) is 0 Å². The minimum absolute atomic E-state index is 0.0732. The van der Waals surface area contributed by atoms with Gasteiger partial charge < -0.3 is 19.1 Å². The van der Waals surface area contributed by atoms with Crippen molar-refractivity contribution in [3.8, 4) is 0 Å². The van der Waals surface area contributed by atoms with Crippen LogP contribution < -0.4 is 5.69 Å². The molecule has 1 saturated heterocycles. The highest BCUT2D eigenvalue weighted by molar-refractivity contribution is 7.89. The van der Waals surface area contributed by atoms with E-state index in [4.69, 9.17) is 9.15 Å². The van der Waals surface area contributed by atoms with Gasteiger partial charge in [0.15, 0.2) is 0 Å². The lowest BCUT2D eigenvalue weighted by Crippen LogP contribution is -2.42. The lowest BCUT2D eigenvalue weighted by Gasteiger charge is -2.30. The summed E-state index contributed by atoms with van der Waals surface area (Å²) < 4.78 is 38.6. The monoisotopic (exact) mass is 393 g/mol. The molecule has 1 aromatic carbocycles. The molecule has 2 N–H and O–H groups in total. The maximum absolute atomic E-state index is 13.0. The molecular weight excluding hydrogens is 374 g/mol. The lowest BCUT2D eigenvalue weighted by molar-refractivity contribution is -0.0179. The molecule has 4 rings (SSSR count). The molecule has 1 aliphatic heterocycles. The minimum Gasteiger partial charge on any atom is -0.422 e. The SMILES string of the molecule is CC(C)c1nnc([C@@H]2CN(S(=O)(=O)c3ccc4[nH]c(=O)[nH]c4c3)CCO2)o1. The summed E-state index contributed by atoms with van der Waals surface area (Å²) in [6, 6.07) is 4.47. The Balaban J connectivity index is 1.61. The average molecular weight is 393 g/mol. The van der Waals surface area contributed by atoms with Gasteiger partial charge in [-0.25, -0.2) is 13.2 Å². The summed E-state index contributed by atoms with van der Waals surface area (Å²) in [5.41, 5.74) is 0.596. The number of hydrogen-bond donors (Lipinski definition) is 2. The van der Waals surface area contributed by atoms with Crippen LogP contribution in [0.1, 0.15) is 37.7 Å². The number of H-pyrrole nitrogens is 2. The quantitative estimate of drug-likeness (QED) is 0.678. The Labute approximate surface area is 154 Å². The summed E-state index contributed by atoms with van der Waals surface area (Å²) in [5.74, 6) is 0.823. The number of nitrogens with one attached hydrogen (secondary N) is 2. The van der Waals surface area contributed by atoms with Crippen LogP contribution in [0.5, 0.6) is 0 Å². The molecule has 3 aromatic rings. The van der Waals surface area contributed by atoms with Crippen molar-refractivity contribution in [1.82, 2.24) is 24.5 Å². The fraction of sp³-hybridized carbons (Fsp3) is 0.438. The molecule has 0 bridgehead atoms. The first kappa shape index (κ1) is 17.9. The number of hydrogen-bond acceptors (Lipinski definition) is 7. The zero-order valence-corrected chi connectivity index (χ0v) is 15.6. The number of sulfonamides is 1. The Morgan fingerprint density at radius 1 is 1.22 bits per heavy atom. The van der Waals surface area contributed by atoms with E-state index in [0.29, 0.717) is 16.9 Å². The van der Waals surface area contributed by atoms with Crippen molar-refractivity contribution in [3.05, 3.63) is 40.5 Å². The topological polar surface area (TPSA) is 134 Å². The van der Waals surface area contributed by atoms with Crippen LogP contribution in [0, 0.1) is 0 Å². The number of ether oxygens (including phenoxy) is 1. The molecule has 0 unspecified atom stereocenters. The summed E-state index contributed by atoms with van der Waals surface area (Å²) in [4.78, 5) is 16.6. The number of benzene rings is 1. The van der Waals surface area contributed by atoms with Gasteiger partial charge in [-0.1, -0.05) is 13.8 Å². The molecule has 1 atom stereocenters. The first-order valence-corrected chi connectivity index (χ1v) is 9.95. The van der Waals surface area contributed by atoms with Crippen LogP contribution >= 0.6 is 0 Å². The second kappa shape index (κ2) is 6.59. The van der Waals surface area contributed by atoms with Gasteiger partial charge in [-0.3, -0.25) is 0 Å². The molecule has 0 amide bonds. The van der Waals surface area contributed by atoms with Crippen LogP contribution in [0.4, 0.5) is 0 Å². The van der Waals surface area contributed by atoms with Crippen molar-refractivity contribution >= 4 is 21.1 Å². The number of rotatable bonds is 4. The number of imidazole rings is 1. The zero-order valence-electron chi connectivity index (χ0n) is 14.8. The molecule has 0 radical (unpaired) electrons. The van der Waals surface area contributed by atoms with E-state index < -0.39 is 16.1 Å². The van der Waals surface area contributed by atoms with Gasteiger partial charge in [0, 0.05) is 19.0 Å². The van der Waals surface area contributed by atoms with E-state index in [1.54, 1.807) is 6.07 Å². The van der Waals surface area contributed by atoms with Gasteiger partial charge in [-0.05, 0) is 18.2 Å². The number of aromatic nitrogens is 4. The molecule has 27 heavy (non-hydrogen) atoms. The van der Waals surface area contributed by atoms with E-state index in [-0.39, 0.29) is 42.1 Å². The normalized spacial score (nSPS) is 19.1. The summed E-state index contributed by atoms with van der Waals surface area (Å²) in [6.45, 7) is 4.36. The highest BCUT2D eigenvalue weighted by Crippen LogP contribution is 2.27. The van der Waals surface area contributed by atoms with E-state index in [0.717, 1.165) is 0 Å². The molecule has 0 saturated carbocycles. The smallest absolute Gasteiger partial charge is 0.323 e. The van der Waals surface area contributed by atoms with Crippen LogP contribution in [0.3, 0.4) is 0 Å². The molecule has 2 aromatic heterocycles. The van der Waals surface area contributed by atoms with Crippen molar-refractivity contribution in [3.63, 3.8) is 0 Å². The Kier molecular flexibility index (Phi) is 4.36. The minimum atomic E-state index is -3.77. The van der Waals surface area contributed by atoms with Crippen molar-refractivity contribution in [2.45, 2.75) is 30.8 Å². The first-order chi connectivity index (χ1) is 12.8. The number of aromatic amines is 2. The van der Waals surface area contributed by atoms with Gasteiger partial charge >= 0.3 is 5.69 Å². The van der Waals surface area contributed by atoms with E-state index >= 15 is 0 Å². The van der Waals surface area contributed by atoms with Crippen LogP contribution in [0.25, 0.3) is 11.0 Å². The summed E-state index contributed by atoms with van der Waals surface area (Å²) in [5, 5.41) is 7.96. The molecule has 3 heterocycles. The number of fused-ring (bicyclic) bond motifs is 1. The highest BCUT2D eigenvalue weighted by atomic mass is 32.2. The van der Waals surface area contributed by atoms with Gasteiger partial charge in [-0.15, -0.1) is 10.2 Å². The van der Waals surface area contributed by atoms with Crippen molar-refractivity contribution in [2.24, 2.45) is 0 Å². The van der Waals surface area contributed by atoms with Crippen molar-refractivity contribution in [2.75, 3.05) is 19.7 Å². The van der Waals surface area contributed by atoms with Crippen LogP contribution in [-0.2, 0) is 14.8 Å². The van der Waals surface area contributed by atoms with E-state index in [2.05, 4.69) is 20.2 Å².